The number of ether oxygens (including phenoxy) is 3. The molecule has 11 aromatic carbocycles. The van der Waals surface area contributed by atoms with Gasteiger partial charge in [-0.1, -0.05) is 146 Å². The summed E-state index contributed by atoms with van der Waals surface area (Å²) < 4.78 is 22.9. The first kappa shape index (κ1) is 44.3. The Kier molecular flexibility index (Phi) is 10.1. The molecule has 5 heterocycles. The number of nitrogens with zero attached hydrogens (tertiary/aromatic N) is 5. The summed E-state index contributed by atoms with van der Waals surface area (Å²) in [6.07, 6.45) is 0. The minimum absolute atomic E-state index is 0.728. The monoisotopic (exact) mass is 1040 g/mol. The number of anilines is 9. The van der Waals surface area contributed by atoms with Crippen LogP contribution in [0.25, 0.3) is 63.8 Å². The molecule has 2 aromatic heterocycles. The van der Waals surface area contributed by atoms with E-state index in [1.807, 2.05) is 48.5 Å². The molecule has 0 saturated carbocycles. The normalized spacial score (nSPS) is 12.8. The van der Waals surface area contributed by atoms with Crippen molar-refractivity contribution >= 4 is 94.3 Å². The van der Waals surface area contributed by atoms with Crippen molar-refractivity contribution in [2.24, 2.45) is 0 Å². The van der Waals surface area contributed by atoms with Crippen molar-refractivity contribution in [3.8, 4) is 77.9 Å². The lowest BCUT2D eigenvalue weighted by atomic mass is 9.89. The standard InChI is InChI=1S/C68H41N5O3S2/c1-15-31-62-48(17-1)69-67(77-62)44-37-33-42(34-38-44)46-41-47(43-35-39-45(40-36-43)68-70-49-18-2-16-32-63(49)78-68)65(72-52-21-5-11-27-58(52)75-59-28-12-6-22-53(59)72)66(73-54-23-7-13-29-60(54)76-61-30-14-8-24-55(61)73)64(46)71-50-19-3-9-25-56(50)74-57-26-10-4-20-51(57)71/h1-41H. The van der Waals surface area contributed by atoms with Crippen LogP contribution in [0.1, 0.15) is 0 Å². The topological polar surface area (TPSA) is 63.2 Å². The molecule has 3 aliphatic heterocycles. The van der Waals surface area contributed by atoms with Gasteiger partial charge < -0.3 is 24.0 Å². The maximum atomic E-state index is 6.89. The van der Waals surface area contributed by atoms with E-state index in [1.165, 1.54) is 0 Å². The quantitative estimate of drug-likeness (QED) is 0.156. The first-order valence-corrected chi connectivity index (χ1v) is 27.4. The Morgan fingerprint density at radius 2 is 0.538 bits per heavy atom. The summed E-state index contributed by atoms with van der Waals surface area (Å²) in [5, 5.41) is 1.94. The molecule has 0 fully saturated rings. The molecular weight excluding hydrogens is 999 g/mol. The Balaban J connectivity index is 1.07. The van der Waals surface area contributed by atoms with E-state index in [0.29, 0.717) is 0 Å². The van der Waals surface area contributed by atoms with E-state index < -0.39 is 0 Å². The summed E-state index contributed by atoms with van der Waals surface area (Å²) in [5.41, 5.74) is 16.1. The van der Waals surface area contributed by atoms with Crippen molar-refractivity contribution in [1.29, 1.82) is 0 Å². The maximum Gasteiger partial charge on any atom is 0.151 e. The minimum Gasteiger partial charge on any atom is -0.453 e. The summed E-state index contributed by atoms with van der Waals surface area (Å²) in [5.74, 6) is 4.40. The largest absolute Gasteiger partial charge is 0.453 e. The van der Waals surface area contributed by atoms with Gasteiger partial charge in [-0.2, -0.15) is 0 Å². The maximum absolute atomic E-state index is 6.89. The second-order valence-corrected chi connectivity index (χ2v) is 21.3. The molecule has 368 valence electrons. The SMILES string of the molecule is c1ccc2c(c1)Oc1ccccc1N2c1c(-c2ccc(-c3nc4ccccc4s3)cc2)cc(-c2ccc(-c3nc4ccccc4s3)cc2)c(N2c3ccccc3Oc3ccccc32)c1N1c2ccccc2Oc2ccccc21. The number of para-hydroxylation sites is 14. The van der Waals surface area contributed by atoms with Crippen molar-refractivity contribution < 1.29 is 14.2 Å². The van der Waals surface area contributed by atoms with Crippen LogP contribution in [0.3, 0.4) is 0 Å². The Hall–Kier alpha value is -10.0. The van der Waals surface area contributed by atoms with E-state index in [1.54, 1.807) is 22.7 Å². The number of rotatable bonds is 7. The molecule has 8 nitrogen and oxygen atoms in total. The Bertz CT molecular complexity index is 4090. The summed E-state index contributed by atoms with van der Waals surface area (Å²) in [7, 11) is 0. The summed E-state index contributed by atoms with van der Waals surface area (Å²) in [6.45, 7) is 0. The summed E-state index contributed by atoms with van der Waals surface area (Å²) in [4.78, 5) is 17.4. The second-order valence-electron chi connectivity index (χ2n) is 19.3. The van der Waals surface area contributed by atoms with E-state index in [2.05, 4.69) is 215 Å². The molecule has 10 heteroatoms. The zero-order valence-corrected chi connectivity index (χ0v) is 43.1. The number of aromatic nitrogens is 2. The fraction of sp³-hybridized carbons (Fsp3) is 0. The van der Waals surface area contributed by atoms with Crippen molar-refractivity contribution in [3.05, 3.63) is 249 Å². The third kappa shape index (κ3) is 7.11. The number of fused-ring (bicyclic) bond motifs is 8. The Morgan fingerprint density at radius 1 is 0.269 bits per heavy atom. The molecule has 3 aliphatic rings. The molecule has 0 aliphatic carbocycles. The van der Waals surface area contributed by atoms with E-state index in [9.17, 15) is 0 Å². The zero-order valence-electron chi connectivity index (χ0n) is 41.4. The smallest absolute Gasteiger partial charge is 0.151 e. The van der Waals surface area contributed by atoms with Gasteiger partial charge >= 0.3 is 0 Å². The summed E-state index contributed by atoms with van der Waals surface area (Å²) >= 11 is 3.41. The third-order valence-electron chi connectivity index (χ3n) is 14.7. The van der Waals surface area contributed by atoms with Crippen molar-refractivity contribution in [2.75, 3.05) is 14.7 Å². The van der Waals surface area contributed by atoms with Crippen LogP contribution in [0.15, 0.2) is 249 Å². The molecule has 13 aromatic rings. The number of benzene rings is 11. The van der Waals surface area contributed by atoms with Crippen LogP contribution in [0.4, 0.5) is 51.2 Å². The first-order valence-electron chi connectivity index (χ1n) is 25.8. The first-order chi connectivity index (χ1) is 38.7. The van der Waals surface area contributed by atoms with Crippen LogP contribution in [0, 0.1) is 0 Å². The van der Waals surface area contributed by atoms with Crippen LogP contribution in [0.2, 0.25) is 0 Å². The van der Waals surface area contributed by atoms with Crippen molar-refractivity contribution in [2.45, 2.75) is 0 Å². The average molecular weight is 1040 g/mol. The average Bonchev–Trinajstić information content (AvgIpc) is 4.23. The third-order valence-corrected chi connectivity index (χ3v) is 16.9. The minimum atomic E-state index is 0.728. The van der Waals surface area contributed by atoms with Crippen LogP contribution < -0.4 is 28.9 Å². The predicted octanol–water partition coefficient (Wildman–Crippen LogP) is 20.3. The molecule has 16 rings (SSSR count). The van der Waals surface area contributed by atoms with Gasteiger partial charge in [0.2, 0.25) is 0 Å². The van der Waals surface area contributed by atoms with Gasteiger partial charge in [0.15, 0.2) is 34.5 Å². The molecular formula is C68H41N5O3S2. The highest BCUT2D eigenvalue weighted by atomic mass is 32.1. The lowest BCUT2D eigenvalue weighted by Crippen LogP contribution is -2.26. The molecule has 0 amide bonds. The molecule has 0 bridgehead atoms. The molecule has 78 heavy (non-hydrogen) atoms. The highest BCUT2D eigenvalue weighted by Crippen LogP contribution is 2.66. The van der Waals surface area contributed by atoms with E-state index >= 15 is 0 Å². The fourth-order valence-corrected chi connectivity index (χ4v) is 13.1. The number of hydrogen-bond acceptors (Lipinski definition) is 10. The van der Waals surface area contributed by atoms with Crippen LogP contribution >= 0.6 is 22.7 Å². The van der Waals surface area contributed by atoms with Crippen molar-refractivity contribution in [3.63, 3.8) is 0 Å². The van der Waals surface area contributed by atoms with Gasteiger partial charge in [-0.3, -0.25) is 4.90 Å². The molecule has 0 spiro atoms. The van der Waals surface area contributed by atoms with Gasteiger partial charge in [0, 0.05) is 22.3 Å². The van der Waals surface area contributed by atoms with Crippen LogP contribution in [-0.4, -0.2) is 9.97 Å². The predicted molar refractivity (Wildman–Crippen MR) is 319 cm³/mol. The molecule has 0 N–H and O–H groups in total. The van der Waals surface area contributed by atoms with Crippen LogP contribution in [0.5, 0.6) is 34.5 Å². The molecule has 0 radical (unpaired) electrons. The van der Waals surface area contributed by atoms with Gasteiger partial charge in [0.25, 0.3) is 0 Å². The van der Waals surface area contributed by atoms with Gasteiger partial charge in [-0.15, -0.1) is 22.7 Å². The van der Waals surface area contributed by atoms with Gasteiger partial charge in [-0.25, -0.2) is 9.97 Å². The van der Waals surface area contributed by atoms with Crippen LogP contribution in [-0.2, 0) is 0 Å². The molecule has 0 atom stereocenters. The lowest BCUT2D eigenvalue weighted by Gasteiger charge is -2.43. The highest BCUT2D eigenvalue weighted by molar-refractivity contribution is 7.22. The van der Waals surface area contributed by atoms with Gasteiger partial charge in [-0.05, 0) is 114 Å². The van der Waals surface area contributed by atoms with E-state index in [4.69, 9.17) is 24.2 Å². The number of thiazole rings is 2. The van der Waals surface area contributed by atoms with Crippen molar-refractivity contribution in [1.82, 2.24) is 9.97 Å². The summed E-state index contributed by atoms with van der Waals surface area (Å²) in [6, 6.07) is 87.0. The second kappa shape index (κ2) is 17.8. The highest BCUT2D eigenvalue weighted by Gasteiger charge is 2.41. The Morgan fingerprint density at radius 3 is 0.859 bits per heavy atom. The Labute approximate surface area is 457 Å². The number of hydrogen-bond donors (Lipinski definition) is 0. The molecule has 0 saturated heterocycles. The molecule has 0 unspecified atom stereocenters. The van der Waals surface area contributed by atoms with Gasteiger partial charge in [0.05, 0.1) is 71.6 Å². The van der Waals surface area contributed by atoms with E-state index in [0.717, 1.165) is 150 Å². The lowest BCUT2D eigenvalue weighted by molar-refractivity contribution is 0.475. The van der Waals surface area contributed by atoms with E-state index in [-0.39, 0.29) is 0 Å². The zero-order chi connectivity index (χ0) is 51.3. The van der Waals surface area contributed by atoms with Gasteiger partial charge in [0.1, 0.15) is 10.0 Å². The fourth-order valence-electron chi connectivity index (χ4n) is 11.2.